The van der Waals surface area contributed by atoms with Crippen LogP contribution >= 0.6 is 22.9 Å². The van der Waals surface area contributed by atoms with E-state index in [4.69, 9.17) is 11.6 Å². The van der Waals surface area contributed by atoms with Gasteiger partial charge in [0, 0.05) is 22.3 Å². The summed E-state index contributed by atoms with van der Waals surface area (Å²) in [6, 6.07) is 7.19. The normalized spacial score (nSPS) is 12.4. The fraction of sp³-hybridized carbons (Fsp3) is 0.182. The molecule has 0 saturated heterocycles. The van der Waals surface area contributed by atoms with Crippen molar-refractivity contribution in [2.75, 3.05) is 11.9 Å². The third-order valence-electron chi connectivity index (χ3n) is 2.12. The van der Waals surface area contributed by atoms with Gasteiger partial charge in [-0.1, -0.05) is 11.6 Å². The molecule has 1 heterocycles. The second-order valence-corrected chi connectivity index (χ2v) is 4.62. The lowest BCUT2D eigenvalue weighted by Gasteiger charge is -2.14. The largest absolute Gasteiger partial charge is 0.394 e. The van der Waals surface area contributed by atoms with Crippen LogP contribution in [0.4, 0.5) is 5.69 Å². The molecule has 2 aromatic rings. The van der Waals surface area contributed by atoms with Crippen LogP contribution in [0.25, 0.3) is 0 Å². The molecular formula is C11H11ClN2OS. The Morgan fingerprint density at radius 3 is 2.69 bits per heavy atom. The number of hydrogen-bond donors (Lipinski definition) is 2. The maximum atomic E-state index is 9.29. The van der Waals surface area contributed by atoms with E-state index in [1.165, 1.54) is 11.3 Å². The van der Waals surface area contributed by atoms with Crippen LogP contribution in [0, 0.1) is 0 Å². The number of nitrogens with zero attached hydrogens (tertiary/aromatic N) is 1. The monoisotopic (exact) mass is 254 g/mol. The van der Waals surface area contributed by atoms with Gasteiger partial charge in [0.25, 0.3) is 0 Å². The zero-order valence-electron chi connectivity index (χ0n) is 8.43. The first-order valence-electron chi connectivity index (χ1n) is 4.82. The van der Waals surface area contributed by atoms with E-state index in [9.17, 15) is 5.11 Å². The van der Waals surface area contributed by atoms with Crippen molar-refractivity contribution in [1.29, 1.82) is 0 Å². The summed E-state index contributed by atoms with van der Waals surface area (Å²) in [5.41, 5.74) is 0.915. The molecular weight excluding hydrogens is 244 g/mol. The van der Waals surface area contributed by atoms with Crippen molar-refractivity contribution in [2.24, 2.45) is 0 Å². The van der Waals surface area contributed by atoms with E-state index in [0.29, 0.717) is 5.02 Å². The van der Waals surface area contributed by atoms with Gasteiger partial charge in [-0.25, -0.2) is 4.98 Å². The molecule has 16 heavy (non-hydrogen) atoms. The molecule has 0 aliphatic heterocycles. The Morgan fingerprint density at radius 1 is 1.38 bits per heavy atom. The molecule has 0 aliphatic rings. The Balaban J connectivity index is 2.10. The highest BCUT2D eigenvalue weighted by Crippen LogP contribution is 2.22. The number of hydrogen-bond acceptors (Lipinski definition) is 4. The van der Waals surface area contributed by atoms with E-state index in [1.807, 2.05) is 17.5 Å². The van der Waals surface area contributed by atoms with Gasteiger partial charge in [0.15, 0.2) is 0 Å². The van der Waals surface area contributed by atoms with Crippen LogP contribution in [0.1, 0.15) is 11.0 Å². The van der Waals surface area contributed by atoms with Gasteiger partial charge in [0.2, 0.25) is 0 Å². The number of aliphatic hydroxyl groups is 1. The van der Waals surface area contributed by atoms with Gasteiger partial charge in [0.1, 0.15) is 11.0 Å². The van der Waals surface area contributed by atoms with Crippen LogP contribution in [0.5, 0.6) is 0 Å². The minimum atomic E-state index is -0.166. The van der Waals surface area contributed by atoms with Crippen molar-refractivity contribution in [1.82, 2.24) is 4.98 Å². The topological polar surface area (TPSA) is 45.1 Å². The highest BCUT2D eigenvalue weighted by Gasteiger charge is 2.12. The van der Waals surface area contributed by atoms with Gasteiger partial charge >= 0.3 is 0 Å². The van der Waals surface area contributed by atoms with Crippen LogP contribution in [0.3, 0.4) is 0 Å². The Labute approximate surface area is 103 Å². The van der Waals surface area contributed by atoms with Gasteiger partial charge in [0.05, 0.1) is 6.61 Å². The minimum Gasteiger partial charge on any atom is -0.394 e. The first-order valence-corrected chi connectivity index (χ1v) is 6.07. The van der Waals surface area contributed by atoms with Crippen LogP contribution in [-0.2, 0) is 0 Å². The lowest BCUT2D eigenvalue weighted by Crippen LogP contribution is -2.14. The molecule has 2 N–H and O–H groups in total. The average molecular weight is 255 g/mol. The molecule has 1 aromatic heterocycles. The number of anilines is 1. The molecule has 2 rings (SSSR count). The third-order valence-corrected chi connectivity index (χ3v) is 3.26. The molecule has 0 fully saturated rings. The SMILES string of the molecule is OCC(Nc1ccc(Cl)cc1)c1nccs1. The van der Waals surface area contributed by atoms with Crippen LogP contribution in [0.15, 0.2) is 35.8 Å². The summed E-state index contributed by atoms with van der Waals surface area (Å²) in [5.74, 6) is 0. The lowest BCUT2D eigenvalue weighted by atomic mass is 10.2. The number of benzene rings is 1. The van der Waals surface area contributed by atoms with Crippen LogP contribution in [-0.4, -0.2) is 16.7 Å². The third kappa shape index (κ3) is 2.72. The van der Waals surface area contributed by atoms with E-state index in [-0.39, 0.29) is 12.6 Å². The molecule has 0 amide bonds. The number of aliphatic hydroxyl groups excluding tert-OH is 1. The Hall–Kier alpha value is -1.10. The maximum absolute atomic E-state index is 9.29. The van der Waals surface area contributed by atoms with Gasteiger partial charge in [-0.2, -0.15) is 0 Å². The highest BCUT2D eigenvalue weighted by molar-refractivity contribution is 7.09. The van der Waals surface area contributed by atoms with E-state index < -0.39 is 0 Å². The van der Waals surface area contributed by atoms with Crippen molar-refractivity contribution in [2.45, 2.75) is 6.04 Å². The molecule has 1 atom stereocenters. The lowest BCUT2D eigenvalue weighted by molar-refractivity contribution is 0.276. The zero-order valence-corrected chi connectivity index (χ0v) is 10.0. The Kier molecular flexibility index (Phi) is 3.77. The fourth-order valence-corrected chi connectivity index (χ4v) is 2.15. The predicted molar refractivity (Wildman–Crippen MR) is 67.0 cm³/mol. The molecule has 1 unspecified atom stereocenters. The van der Waals surface area contributed by atoms with E-state index in [2.05, 4.69) is 10.3 Å². The molecule has 0 bridgehead atoms. The zero-order chi connectivity index (χ0) is 11.4. The molecule has 1 aromatic carbocycles. The number of halogens is 1. The summed E-state index contributed by atoms with van der Waals surface area (Å²) < 4.78 is 0. The standard InChI is InChI=1S/C11H11ClN2OS/c12-8-1-3-9(4-2-8)14-10(7-15)11-13-5-6-16-11/h1-6,10,14-15H,7H2. The smallest absolute Gasteiger partial charge is 0.117 e. The predicted octanol–water partition coefficient (Wildman–Crippen LogP) is 2.94. The minimum absolute atomic E-state index is 0.0101. The second-order valence-electron chi connectivity index (χ2n) is 3.26. The van der Waals surface area contributed by atoms with Crippen molar-refractivity contribution in [3.05, 3.63) is 45.9 Å². The van der Waals surface area contributed by atoms with Gasteiger partial charge in [-0.3, -0.25) is 0 Å². The van der Waals surface area contributed by atoms with Crippen molar-refractivity contribution >= 4 is 28.6 Å². The Morgan fingerprint density at radius 2 is 2.12 bits per heavy atom. The van der Waals surface area contributed by atoms with Gasteiger partial charge in [-0.05, 0) is 24.3 Å². The van der Waals surface area contributed by atoms with Crippen LogP contribution < -0.4 is 5.32 Å². The first kappa shape index (κ1) is 11.4. The molecule has 84 valence electrons. The van der Waals surface area contributed by atoms with Crippen molar-refractivity contribution in [3.8, 4) is 0 Å². The number of aromatic nitrogens is 1. The van der Waals surface area contributed by atoms with Crippen molar-refractivity contribution < 1.29 is 5.11 Å². The fourth-order valence-electron chi connectivity index (χ4n) is 1.34. The molecule has 0 spiro atoms. The summed E-state index contributed by atoms with van der Waals surface area (Å²) in [5, 5.41) is 15.9. The van der Waals surface area contributed by atoms with Gasteiger partial charge in [-0.15, -0.1) is 11.3 Å². The Bertz CT molecular complexity index is 430. The first-order chi connectivity index (χ1) is 7.79. The molecule has 0 radical (unpaired) electrons. The summed E-state index contributed by atoms with van der Waals surface area (Å²) in [6.07, 6.45) is 1.73. The second kappa shape index (κ2) is 5.30. The quantitative estimate of drug-likeness (QED) is 0.882. The van der Waals surface area contributed by atoms with Crippen LogP contribution in [0.2, 0.25) is 5.02 Å². The highest BCUT2D eigenvalue weighted by atomic mass is 35.5. The van der Waals surface area contributed by atoms with E-state index >= 15 is 0 Å². The summed E-state index contributed by atoms with van der Waals surface area (Å²) in [4.78, 5) is 4.17. The van der Waals surface area contributed by atoms with E-state index in [1.54, 1.807) is 18.3 Å². The number of rotatable bonds is 4. The molecule has 0 saturated carbocycles. The van der Waals surface area contributed by atoms with E-state index in [0.717, 1.165) is 10.7 Å². The summed E-state index contributed by atoms with van der Waals surface area (Å²) >= 11 is 7.31. The van der Waals surface area contributed by atoms with Gasteiger partial charge < -0.3 is 10.4 Å². The average Bonchev–Trinajstić information content (AvgIpc) is 2.82. The summed E-state index contributed by atoms with van der Waals surface area (Å²) in [7, 11) is 0. The molecule has 0 aliphatic carbocycles. The van der Waals surface area contributed by atoms with Crippen molar-refractivity contribution in [3.63, 3.8) is 0 Å². The maximum Gasteiger partial charge on any atom is 0.117 e. The molecule has 5 heteroatoms. The summed E-state index contributed by atoms with van der Waals surface area (Å²) in [6.45, 7) is 0.0101. The molecule has 3 nitrogen and oxygen atoms in total. The number of thiazole rings is 1. The number of nitrogens with one attached hydrogen (secondary N) is 1.